The Hall–Kier alpha value is -3.21. The van der Waals surface area contributed by atoms with E-state index in [1.165, 1.54) is 6.92 Å². The highest BCUT2D eigenvalue weighted by molar-refractivity contribution is 6.07. The summed E-state index contributed by atoms with van der Waals surface area (Å²) >= 11 is 0. The number of nitrogens with zero attached hydrogens (tertiary/aromatic N) is 3. The zero-order valence-corrected chi connectivity index (χ0v) is 13.8. The molecule has 3 aromatic rings. The summed E-state index contributed by atoms with van der Waals surface area (Å²) in [5, 5.41) is 4.35. The van der Waals surface area contributed by atoms with Crippen molar-refractivity contribution in [2.45, 2.75) is 20.0 Å². The Labute approximate surface area is 145 Å². The number of amides is 1. The molecule has 4 rings (SSSR count). The Balaban J connectivity index is 1.75. The van der Waals surface area contributed by atoms with E-state index >= 15 is 0 Å². The fourth-order valence-corrected chi connectivity index (χ4v) is 3.14. The fraction of sp³-hybridized carbons (Fsp3) is 0.150. The van der Waals surface area contributed by atoms with E-state index in [9.17, 15) is 9.59 Å². The summed E-state index contributed by atoms with van der Waals surface area (Å²) in [5.41, 5.74) is 4.11. The standard InChI is InChI=1S/C20H17N3O2/c1-14(24)15-6-8-16(9-7-15)20(25)22-13-18-10-11-21-23(18)12-17-4-2-3-5-19(17)22/h2-11H,12-13H2,1H3. The molecular weight excluding hydrogens is 314 g/mol. The number of carbonyl (C=O) groups is 2. The quantitative estimate of drug-likeness (QED) is 0.677. The Bertz CT molecular complexity index is 957. The van der Waals surface area contributed by atoms with Crippen LogP contribution in [0.4, 0.5) is 5.69 Å². The van der Waals surface area contributed by atoms with Crippen molar-refractivity contribution in [3.8, 4) is 0 Å². The van der Waals surface area contributed by atoms with Crippen molar-refractivity contribution < 1.29 is 9.59 Å². The lowest BCUT2D eigenvalue weighted by molar-refractivity contribution is 0.0981. The number of ketones is 1. The first-order valence-electron chi connectivity index (χ1n) is 8.15. The van der Waals surface area contributed by atoms with Crippen molar-refractivity contribution >= 4 is 17.4 Å². The van der Waals surface area contributed by atoms with Gasteiger partial charge in [-0.25, -0.2) is 0 Å². The SMILES string of the molecule is CC(=O)c1ccc(C(=O)N2Cc3ccnn3Cc3ccccc32)cc1. The monoisotopic (exact) mass is 331 g/mol. The number of para-hydroxylation sites is 1. The Kier molecular flexibility index (Phi) is 3.69. The van der Waals surface area contributed by atoms with Crippen molar-refractivity contribution in [1.82, 2.24) is 9.78 Å². The third kappa shape index (κ3) is 2.74. The highest BCUT2D eigenvalue weighted by Gasteiger charge is 2.25. The summed E-state index contributed by atoms with van der Waals surface area (Å²) in [4.78, 5) is 26.4. The van der Waals surface area contributed by atoms with Crippen molar-refractivity contribution in [3.63, 3.8) is 0 Å². The van der Waals surface area contributed by atoms with Gasteiger partial charge >= 0.3 is 0 Å². The molecule has 1 aliphatic heterocycles. The van der Waals surface area contributed by atoms with Crippen LogP contribution in [0.5, 0.6) is 0 Å². The summed E-state index contributed by atoms with van der Waals surface area (Å²) < 4.78 is 1.92. The molecule has 1 aromatic heterocycles. The molecule has 0 unspecified atom stereocenters. The van der Waals surface area contributed by atoms with Crippen molar-refractivity contribution in [2.75, 3.05) is 4.90 Å². The number of carbonyl (C=O) groups excluding carboxylic acids is 2. The van der Waals surface area contributed by atoms with Crippen molar-refractivity contribution in [2.24, 2.45) is 0 Å². The average molecular weight is 331 g/mol. The minimum absolute atomic E-state index is 0.0111. The smallest absolute Gasteiger partial charge is 0.258 e. The zero-order chi connectivity index (χ0) is 17.4. The van der Waals surface area contributed by atoms with E-state index in [2.05, 4.69) is 5.10 Å². The van der Waals surface area contributed by atoms with Crippen LogP contribution in [0.15, 0.2) is 60.8 Å². The predicted octanol–water partition coefficient (Wildman–Crippen LogP) is 3.29. The van der Waals surface area contributed by atoms with Gasteiger partial charge in [0.05, 0.1) is 18.8 Å². The summed E-state index contributed by atoms with van der Waals surface area (Å²) in [7, 11) is 0. The van der Waals surface area contributed by atoms with Crippen molar-refractivity contribution in [3.05, 3.63) is 83.2 Å². The number of anilines is 1. The van der Waals surface area contributed by atoms with E-state index in [1.54, 1.807) is 35.4 Å². The molecular formula is C20H17N3O2. The predicted molar refractivity (Wildman–Crippen MR) is 94.7 cm³/mol. The van der Waals surface area contributed by atoms with Gasteiger partial charge in [0.2, 0.25) is 0 Å². The van der Waals surface area contributed by atoms with Crippen molar-refractivity contribution in [1.29, 1.82) is 0 Å². The highest BCUT2D eigenvalue weighted by atomic mass is 16.2. The number of aromatic nitrogens is 2. The van der Waals surface area contributed by atoms with Gasteiger partial charge in [0.15, 0.2) is 5.78 Å². The van der Waals surface area contributed by atoms with Crippen LogP contribution in [-0.4, -0.2) is 21.5 Å². The molecule has 0 aliphatic carbocycles. The highest BCUT2D eigenvalue weighted by Crippen LogP contribution is 2.28. The van der Waals surface area contributed by atoms with Gasteiger partial charge in [0.1, 0.15) is 0 Å². The van der Waals surface area contributed by atoms with Gasteiger partial charge in [-0.1, -0.05) is 30.3 Å². The number of rotatable bonds is 2. The van der Waals surface area contributed by atoms with Gasteiger partial charge in [-0.2, -0.15) is 5.10 Å². The minimum Gasteiger partial charge on any atom is -0.302 e. The van der Waals surface area contributed by atoms with E-state index in [0.717, 1.165) is 16.9 Å². The molecule has 1 amide bonds. The number of Topliss-reactive ketones (excluding diaryl/α,β-unsaturated/α-hetero) is 1. The van der Waals surface area contributed by atoms with E-state index < -0.39 is 0 Å². The summed E-state index contributed by atoms with van der Waals surface area (Å²) in [6.07, 6.45) is 1.76. The second kappa shape index (κ2) is 6.02. The molecule has 2 heterocycles. The molecule has 0 fully saturated rings. The number of hydrogen-bond acceptors (Lipinski definition) is 3. The molecule has 0 N–H and O–H groups in total. The Morgan fingerprint density at radius 2 is 1.64 bits per heavy atom. The van der Waals surface area contributed by atoms with Crippen LogP contribution in [0.25, 0.3) is 0 Å². The maximum atomic E-state index is 13.1. The molecule has 2 aromatic carbocycles. The van der Waals surface area contributed by atoms with Gasteiger partial charge < -0.3 is 4.90 Å². The van der Waals surface area contributed by atoms with Crippen LogP contribution in [0.1, 0.15) is 38.9 Å². The number of benzene rings is 2. The lowest BCUT2D eigenvalue weighted by Crippen LogP contribution is -2.30. The molecule has 124 valence electrons. The van der Waals surface area contributed by atoms with Crippen LogP contribution < -0.4 is 4.90 Å². The van der Waals surface area contributed by atoms with Crippen LogP contribution in [0.2, 0.25) is 0 Å². The molecule has 0 saturated heterocycles. The molecule has 0 saturated carbocycles. The van der Waals surface area contributed by atoms with Gasteiger partial charge in [-0.05, 0) is 36.8 Å². The summed E-state index contributed by atoms with van der Waals surface area (Å²) in [6.45, 7) is 2.62. The van der Waals surface area contributed by atoms with E-state index in [4.69, 9.17) is 0 Å². The van der Waals surface area contributed by atoms with Crippen LogP contribution >= 0.6 is 0 Å². The topological polar surface area (TPSA) is 55.2 Å². The van der Waals surface area contributed by atoms with E-state index in [0.29, 0.717) is 24.2 Å². The molecule has 1 aliphatic rings. The lowest BCUT2D eigenvalue weighted by Gasteiger charge is -2.22. The van der Waals surface area contributed by atoms with Crippen LogP contribution in [-0.2, 0) is 13.1 Å². The van der Waals surface area contributed by atoms with E-state index in [-0.39, 0.29) is 11.7 Å². The molecule has 0 atom stereocenters. The molecule has 0 radical (unpaired) electrons. The maximum Gasteiger partial charge on any atom is 0.258 e. The first-order chi connectivity index (χ1) is 12.1. The van der Waals surface area contributed by atoms with E-state index in [1.807, 2.05) is 35.0 Å². The fourth-order valence-electron chi connectivity index (χ4n) is 3.14. The number of fused-ring (bicyclic) bond motifs is 2. The zero-order valence-electron chi connectivity index (χ0n) is 13.8. The van der Waals surface area contributed by atoms with Gasteiger partial charge in [-0.3, -0.25) is 14.3 Å². The second-order valence-electron chi connectivity index (χ2n) is 6.13. The molecule has 5 heteroatoms. The maximum absolute atomic E-state index is 13.1. The van der Waals surface area contributed by atoms with Gasteiger partial charge in [-0.15, -0.1) is 0 Å². The Morgan fingerprint density at radius 1 is 0.920 bits per heavy atom. The van der Waals surface area contributed by atoms with Crippen LogP contribution in [0.3, 0.4) is 0 Å². The molecule has 0 spiro atoms. The molecule has 0 bridgehead atoms. The van der Waals surface area contributed by atoms with Gasteiger partial charge in [0.25, 0.3) is 5.91 Å². The summed E-state index contributed by atoms with van der Waals surface area (Å²) in [5.74, 6) is -0.0970. The number of hydrogen-bond donors (Lipinski definition) is 0. The third-order valence-electron chi connectivity index (χ3n) is 4.51. The van der Waals surface area contributed by atoms with Crippen LogP contribution in [0, 0.1) is 0 Å². The minimum atomic E-state index is -0.0859. The normalized spacial score (nSPS) is 12.9. The Morgan fingerprint density at radius 3 is 2.40 bits per heavy atom. The lowest BCUT2D eigenvalue weighted by atomic mass is 10.1. The average Bonchev–Trinajstić information content (AvgIpc) is 3.00. The third-order valence-corrected chi connectivity index (χ3v) is 4.51. The summed E-state index contributed by atoms with van der Waals surface area (Å²) in [6, 6.07) is 16.6. The molecule has 5 nitrogen and oxygen atoms in total. The first kappa shape index (κ1) is 15.3. The first-order valence-corrected chi connectivity index (χ1v) is 8.15. The second-order valence-corrected chi connectivity index (χ2v) is 6.13. The van der Waals surface area contributed by atoms with Gasteiger partial charge in [0, 0.05) is 23.0 Å². The largest absolute Gasteiger partial charge is 0.302 e. The molecule has 25 heavy (non-hydrogen) atoms.